The highest BCUT2D eigenvalue weighted by molar-refractivity contribution is 14.0. The van der Waals surface area contributed by atoms with Gasteiger partial charge in [-0.15, -0.1) is 24.0 Å². The molecule has 2 aromatic heterocycles. The molecule has 1 aromatic carbocycles. The number of aryl methyl sites for hydroxylation is 1. The van der Waals surface area contributed by atoms with Crippen LogP contribution >= 0.6 is 24.0 Å². The van der Waals surface area contributed by atoms with Gasteiger partial charge in [0.05, 0.1) is 11.7 Å². The highest BCUT2D eigenvalue weighted by Gasteiger charge is 2.08. The number of fused-ring (bicyclic) bond motifs is 1. The fourth-order valence-electron chi connectivity index (χ4n) is 2.86. The van der Waals surface area contributed by atoms with Crippen LogP contribution in [-0.4, -0.2) is 28.9 Å². The van der Waals surface area contributed by atoms with Crippen LogP contribution in [0.4, 0.5) is 0 Å². The first-order valence-corrected chi connectivity index (χ1v) is 8.62. The van der Waals surface area contributed by atoms with Crippen LogP contribution in [0.5, 0.6) is 0 Å². The van der Waals surface area contributed by atoms with E-state index >= 15 is 0 Å². The normalized spacial score (nSPS) is 12.5. The first-order valence-electron chi connectivity index (χ1n) is 8.62. The van der Waals surface area contributed by atoms with Gasteiger partial charge in [-0.05, 0) is 31.0 Å². The Balaban J connectivity index is 0.00000243. The maximum absolute atomic E-state index is 4.71. The van der Waals surface area contributed by atoms with E-state index in [9.17, 15) is 0 Å². The fourth-order valence-corrected chi connectivity index (χ4v) is 2.86. The second kappa shape index (κ2) is 9.56. The molecule has 0 bridgehead atoms. The minimum Gasteiger partial charge on any atom is -0.356 e. The molecule has 0 saturated heterocycles. The molecule has 1 unspecified atom stereocenters. The van der Waals surface area contributed by atoms with E-state index in [4.69, 9.17) is 4.98 Å². The molecule has 0 amide bonds. The fraction of sp³-hybridized carbons (Fsp3) is 0.300. The maximum Gasteiger partial charge on any atom is 0.191 e. The van der Waals surface area contributed by atoms with Gasteiger partial charge in [0.2, 0.25) is 0 Å². The van der Waals surface area contributed by atoms with Crippen molar-refractivity contribution in [1.29, 1.82) is 0 Å². The van der Waals surface area contributed by atoms with Gasteiger partial charge in [0, 0.05) is 32.4 Å². The molecule has 0 saturated carbocycles. The number of guanidine groups is 1. The van der Waals surface area contributed by atoms with E-state index in [-0.39, 0.29) is 30.0 Å². The van der Waals surface area contributed by atoms with Crippen molar-refractivity contribution in [3.63, 3.8) is 0 Å². The summed E-state index contributed by atoms with van der Waals surface area (Å²) in [6.45, 7) is 5.00. The number of imidazole rings is 1. The Morgan fingerprint density at radius 2 is 1.96 bits per heavy atom. The van der Waals surface area contributed by atoms with Crippen molar-refractivity contribution >= 4 is 35.6 Å². The van der Waals surface area contributed by atoms with Crippen molar-refractivity contribution in [2.24, 2.45) is 4.99 Å². The Labute approximate surface area is 172 Å². The zero-order chi connectivity index (χ0) is 17.6. The molecule has 0 spiro atoms. The molecule has 2 N–H and O–H groups in total. The third-order valence-electron chi connectivity index (χ3n) is 4.28. The molecule has 0 aliphatic carbocycles. The van der Waals surface area contributed by atoms with Crippen molar-refractivity contribution in [3.05, 3.63) is 71.7 Å². The maximum atomic E-state index is 4.71. The number of nitrogens with zero attached hydrogens (tertiary/aromatic N) is 3. The van der Waals surface area contributed by atoms with E-state index in [0.29, 0.717) is 0 Å². The average Bonchev–Trinajstić information content (AvgIpc) is 3.06. The number of aromatic nitrogens is 2. The first kappa shape index (κ1) is 20.2. The lowest BCUT2D eigenvalue weighted by Gasteiger charge is -2.18. The lowest BCUT2D eigenvalue weighted by molar-refractivity contribution is 0.683. The number of hydrogen-bond donors (Lipinski definition) is 2. The van der Waals surface area contributed by atoms with Crippen molar-refractivity contribution in [2.75, 3.05) is 13.6 Å². The standard InChI is InChI=1S/C20H25N5.HI/c1-15-8-7-13-25-14-18(24-19(15)25)11-12-22-20(21-3)23-16(2)17-9-5-4-6-10-17;/h4-10,13-14,16H,11-12H2,1-3H3,(H2,21,22,23);1H. The van der Waals surface area contributed by atoms with Crippen LogP contribution in [0.1, 0.15) is 29.8 Å². The molecule has 0 radical (unpaired) electrons. The van der Waals surface area contributed by atoms with Gasteiger partial charge >= 0.3 is 0 Å². The van der Waals surface area contributed by atoms with Gasteiger partial charge in [0.15, 0.2) is 5.96 Å². The molecule has 0 fully saturated rings. The van der Waals surface area contributed by atoms with Crippen molar-refractivity contribution < 1.29 is 0 Å². The predicted molar refractivity (Wildman–Crippen MR) is 118 cm³/mol. The van der Waals surface area contributed by atoms with Gasteiger partial charge in [-0.25, -0.2) is 4.98 Å². The monoisotopic (exact) mass is 463 g/mol. The SMILES string of the molecule is CN=C(NCCc1cn2cccc(C)c2n1)NC(C)c1ccccc1.I. The number of benzene rings is 1. The van der Waals surface area contributed by atoms with E-state index in [1.54, 1.807) is 7.05 Å². The number of rotatable bonds is 5. The molecular formula is C20H26IN5. The van der Waals surface area contributed by atoms with Gasteiger partial charge in [-0.1, -0.05) is 36.4 Å². The molecule has 1 atom stereocenters. The van der Waals surface area contributed by atoms with Crippen LogP contribution in [0.3, 0.4) is 0 Å². The van der Waals surface area contributed by atoms with Crippen molar-refractivity contribution in [2.45, 2.75) is 26.3 Å². The van der Waals surface area contributed by atoms with E-state index < -0.39 is 0 Å². The average molecular weight is 463 g/mol. The van der Waals surface area contributed by atoms with Crippen molar-refractivity contribution in [1.82, 2.24) is 20.0 Å². The van der Waals surface area contributed by atoms with Crippen LogP contribution < -0.4 is 10.6 Å². The largest absolute Gasteiger partial charge is 0.356 e. The summed E-state index contributed by atoms with van der Waals surface area (Å²) >= 11 is 0. The van der Waals surface area contributed by atoms with Crippen LogP contribution in [0.25, 0.3) is 5.65 Å². The molecule has 3 rings (SSSR count). The first-order chi connectivity index (χ1) is 12.2. The van der Waals surface area contributed by atoms with Crippen LogP contribution in [-0.2, 0) is 6.42 Å². The summed E-state index contributed by atoms with van der Waals surface area (Å²) in [5.74, 6) is 0.802. The second-order valence-electron chi connectivity index (χ2n) is 6.18. The Hall–Kier alpha value is -2.09. The Bertz CT molecular complexity index is 857. The number of nitrogens with one attached hydrogen (secondary N) is 2. The summed E-state index contributed by atoms with van der Waals surface area (Å²) in [6.07, 6.45) is 4.97. The summed E-state index contributed by atoms with van der Waals surface area (Å²) in [7, 11) is 1.79. The third kappa shape index (κ3) is 4.97. The molecule has 0 aliphatic rings. The summed E-state index contributed by atoms with van der Waals surface area (Å²) in [4.78, 5) is 9.02. The molecule has 138 valence electrons. The molecule has 5 nitrogen and oxygen atoms in total. The van der Waals surface area contributed by atoms with Gasteiger partial charge in [-0.3, -0.25) is 4.99 Å². The molecule has 3 aromatic rings. The molecule has 0 aliphatic heterocycles. The van der Waals surface area contributed by atoms with Crippen LogP contribution in [0.2, 0.25) is 0 Å². The predicted octanol–water partition coefficient (Wildman–Crippen LogP) is 3.73. The zero-order valence-corrected chi connectivity index (χ0v) is 17.8. The van der Waals surface area contributed by atoms with Gasteiger partial charge in [0.25, 0.3) is 0 Å². The minimum absolute atomic E-state index is 0. The molecule has 2 heterocycles. The Morgan fingerprint density at radius 3 is 2.65 bits per heavy atom. The number of halogens is 1. The third-order valence-corrected chi connectivity index (χ3v) is 4.28. The van der Waals surface area contributed by atoms with Crippen molar-refractivity contribution in [3.8, 4) is 0 Å². The zero-order valence-electron chi connectivity index (χ0n) is 15.4. The van der Waals surface area contributed by atoms with E-state index in [1.807, 2.05) is 18.3 Å². The van der Waals surface area contributed by atoms with Gasteiger partial charge in [-0.2, -0.15) is 0 Å². The molecule has 26 heavy (non-hydrogen) atoms. The molecular weight excluding hydrogens is 437 g/mol. The highest BCUT2D eigenvalue weighted by Crippen LogP contribution is 2.11. The molecule has 6 heteroatoms. The quantitative estimate of drug-likeness (QED) is 0.345. The summed E-state index contributed by atoms with van der Waals surface area (Å²) in [5.41, 5.74) is 4.53. The number of hydrogen-bond acceptors (Lipinski definition) is 2. The Kier molecular flexibility index (Phi) is 7.44. The Morgan fingerprint density at radius 1 is 1.19 bits per heavy atom. The lowest BCUT2D eigenvalue weighted by atomic mass is 10.1. The highest BCUT2D eigenvalue weighted by atomic mass is 127. The number of aliphatic imine (C=N–C) groups is 1. The smallest absolute Gasteiger partial charge is 0.191 e. The van der Waals surface area contributed by atoms with Crippen LogP contribution in [0, 0.1) is 6.92 Å². The summed E-state index contributed by atoms with van der Waals surface area (Å²) in [5, 5.41) is 6.79. The van der Waals surface area contributed by atoms with Crippen LogP contribution in [0.15, 0.2) is 59.9 Å². The minimum atomic E-state index is 0. The summed E-state index contributed by atoms with van der Waals surface area (Å²) in [6, 6.07) is 14.7. The topological polar surface area (TPSA) is 53.7 Å². The number of pyridine rings is 1. The van der Waals surface area contributed by atoms with E-state index in [2.05, 4.69) is 70.4 Å². The summed E-state index contributed by atoms with van der Waals surface area (Å²) < 4.78 is 2.08. The van der Waals surface area contributed by atoms with E-state index in [1.165, 1.54) is 11.1 Å². The van der Waals surface area contributed by atoms with Gasteiger partial charge in [0.1, 0.15) is 5.65 Å². The second-order valence-corrected chi connectivity index (χ2v) is 6.18. The van der Waals surface area contributed by atoms with Gasteiger partial charge < -0.3 is 15.0 Å². The lowest BCUT2D eigenvalue weighted by Crippen LogP contribution is -2.39. The van der Waals surface area contributed by atoms with E-state index in [0.717, 1.165) is 30.3 Å².